The number of benzene rings is 2. The van der Waals surface area contributed by atoms with Gasteiger partial charge in [0.2, 0.25) is 0 Å². The molecule has 0 bridgehead atoms. The first-order chi connectivity index (χ1) is 17.4. The Hall–Kier alpha value is -3.64. The van der Waals surface area contributed by atoms with Gasteiger partial charge < -0.3 is 19.5 Å². The normalized spacial score (nSPS) is 18.5. The Morgan fingerprint density at radius 3 is 2.69 bits per heavy atom. The average Bonchev–Trinajstić information content (AvgIpc) is 3.55. The van der Waals surface area contributed by atoms with E-state index in [1.165, 1.54) is 0 Å². The summed E-state index contributed by atoms with van der Waals surface area (Å²) in [5, 5.41) is 29.0. The predicted octanol–water partition coefficient (Wildman–Crippen LogP) is 3.65. The number of β-amino-alcohol motifs (C(OH)–C–C–N with tert-alkyl or cyclic N) is 1. The van der Waals surface area contributed by atoms with Gasteiger partial charge in [0.25, 0.3) is 0 Å². The zero-order valence-corrected chi connectivity index (χ0v) is 20.9. The lowest BCUT2D eigenvalue weighted by Crippen LogP contribution is -2.29. The van der Waals surface area contributed by atoms with Crippen molar-refractivity contribution in [2.45, 2.75) is 12.6 Å². The summed E-state index contributed by atoms with van der Waals surface area (Å²) >= 11 is 6.97. The Balaban J connectivity index is 1.40. The fraction of sp³-hybridized carbons (Fsp3) is 0.296. The third kappa shape index (κ3) is 3.77. The predicted molar refractivity (Wildman–Crippen MR) is 139 cm³/mol. The molecule has 182 valence electrons. The van der Waals surface area contributed by atoms with Crippen LogP contribution in [0.2, 0.25) is 5.15 Å². The topological polar surface area (TPSA) is 86.1 Å². The van der Waals surface area contributed by atoms with Crippen molar-refractivity contribution in [3.63, 3.8) is 0 Å². The molecule has 2 atom stereocenters. The molecule has 0 radical (unpaired) electrons. The Bertz CT molecular complexity index is 1480. The molecule has 2 aromatic heterocycles. The fourth-order valence-corrected chi connectivity index (χ4v) is 5.71. The van der Waals surface area contributed by atoms with Crippen LogP contribution in [0.3, 0.4) is 0 Å². The summed E-state index contributed by atoms with van der Waals surface area (Å²) in [6.07, 6.45) is 1.38. The molecule has 2 aliphatic heterocycles. The third-order valence-electron chi connectivity index (χ3n) is 7.16. The zero-order valence-electron chi connectivity index (χ0n) is 20.1. The van der Waals surface area contributed by atoms with Crippen LogP contribution < -0.4 is 4.90 Å². The minimum atomic E-state index is -0.351. The molecule has 0 saturated carbocycles. The summed E-state index contributed by atoms with van der Waals surface area (Å²) in [5.41, 5.74) is 6.53. The van der Waals surface area contributed by atoms with E-state index in [-0.39, 0.29) is 12.0 Å². The van der Waals surface area contributed by atoms with Crippen molar-refractivity contribution < 1.29 is 5.11 Å². The molecular formula is C27H26ClN7O. The van der Waals surface area contributed by atoms with Crippen molar-refractivity contribution in [1.29, 1.82) is 5.26 Å². The van der Waals surface area contributed by atoms with Gasteiger partial charge in [-0.05, 0) is 61.6 Å². The molecule has 9 heteroatoms. The summed E-state index contributed by atoms with van der Waals surface area (Å²) < 4.78 is 4.07. The summed E-state index contributed by atoms with van der Waals surface area (Å²) in [5.74, 6) is 0.940. The van der Waals surface area contributed by atoms with Crippen LogP contribution in [0, 0.1) is 17.2 Å². The molecule has 4 aromatic rings. The van der Waals surface area contributed by atoms with Crippen LogP contribution >= 0.6 is 11.6 Å². The third-order valence-corrected chi connectivity index (χ3v) is 7.56. The van der Waals surface area contributed by atoms with E-state index >= 15 is 0 Å². The SMILES string of the molecule is CN(C)C[C@@H]1CN(c2ccc3c(c2)Cn2c(cc(-c4ccc(C#N)cc4)c2Cl)-c2nncn2-3)C[C@@H]1O. The van der Waals surface area contributed by atoms with Gasteiger partial charge in [0, 0.05) is 36.8 Å². The van der Waals surface area contributed by atoms with Gasteiger partial charge in [-0.3, -0.25) is 4.57 Å². The van der Waals surface area contributed by atoms with E-state index in [9.17, 15) is 5.11 Å². The van der Waals surface area contributed by atoms with Crippen molar-refractivity contribution in [1.82, 2.24) is 24.2 Å². The largest absolute Gasteiger partial charge is 0.391 e. The Kier molecular flexibility index (Phi) is 5.56. The van der Waals surface area contributed by atoms with Crippen molar-refractivity contribution >= 4 is 17.3 Å². The number of aliphatic hydroxyl groups is 1. The summed E-state index contributed by atoms with van der Waals surface area (Å²) in [6.45, 7) is 2.86. The number of rotatable bonds is 4. The summed E-state index contributed by atoms with van der Waals surface area (Å²) in [7, 11) is 4.08. The van der Waals surface area contributed by atoms with Gasteiger partial charge in [-0.1, -0.05) is 23.7 Å². The number of fused-ring (bicyclic) bond motifs is 5. The summed E-state index contributed by atoms with van der Waals surface area (Å²) in [4.78, 5) is 4.39. The van der Waals surface area contributed by atoms with Gasteiger partial charge in [-0.15, -0.1) is 10.2 Å². The number of aromatic nitrogens is 4. The van der Waals surface area contributed by atoms with Crippen LogP contribution in [-0.2, 0) is 6.54 Å². The summed E-state index contributed by atoms with van der Waals surface area (Å²) in [6, 6.07) is 18.0. The van der Waals surface area contributed by atoms with E-state index < -0.39 is 0 Å². The second-order valence-electron chi connectivity index (χ2n) is 9.84. The van der Waals surface area contributed by atoms with E-state index in [1.807, 2.05) is 36.9 Å². The number of hydrogen-bond donors (Lipinski definition) is 1. The first kappa shape index (κ1) is 22.8. The minimum absolute atomic E-state index is 0.212. The maximum Gasteiger partial charge on any atom is 0.185 e. The lowest BCUT2D eigenvalue weighted by molar-refractivity contribution is 0.130. The molecule has 1 saturated heterocycles. The van der Waals surface area contributed by atoms with Gasteiger partial charge in [-0.2, -0.15) is 5.26 Å². The highest BCUT2D eigenvalue weighted by atomic mass is 35.5. The van der Waals surface area contributed by atoms with Crippen LogP contribution in [0.5, 0.6) is 0 Å². The second-order valence-corrected chi connectivity index (χ2v) is 10.2. The standard InChI is InChI=1S/C27H26ClN7O/c1-32(2)12-20-13-33(15-25(20)36)21-7-8-23-19(9-21)14-34-24(27-31-30-16-35(23)27)10-22(26(34)28)18-5-3-17(11-29)4-6-18/h3-10,16,20,25,36H,12-15H2,1-2H3/t20-,25+/m1/s1. The molecule has 2 aliphatic rings. The van der Waals surface area contributed by atoms with Crippen LogP contribution in [0.4, 0.5) is 5.69 Å². The van der Waals surface area contributed by atoms with E-state index in [0.717, 1.165) is 52.7 Å². The Morgan fingerprint density at radius 2 is 1.94 bits per heavy atom. The molecule has 0 amide bonds. The number of hydrogen-bond acceptors (Lipinski definition) is 6. The van der Waals surface area contributed by atoms with Crippen LogP contribution in [0.1, 0.15) is 11.1 Å². The van der Waals surface area contributed by atoms with Crippen LogP contribution in [0.25, 0.3) is 28.3 Å². The molecule has 6 rings (SSSR count). The van der Waals surface area contributed by atoms with Gasteiger partial charge in [0.1, 0.15) is 11.5 Å². The van der Waals surface area contributed by atoms with E-state index in [2.05, 4.69) is 48.8 Å². The van der Waals surface area contributed by atoms with Gasteiger partial charge in [0.05, 0.1) is 35.7 Å². The van der Waals surface area contributed by atoms with Gasteiger partial charge in [-0.25, -0.2) is 0 Å². The minimum Gasteiger partial charge on any atom is -0.391 e. The zero-order chi connectivity index (χ0) is 25.0. The van der Waals surface area contributed by atoms with Gasteiger partial charge in [0.15, 0.2) is 5.82 Å². The van der Waals surface area contributed by atoms with Crippen LogP contribution in [-0.4, -0.2) is 69.2 Å². The first-order valence-corrected chi connectivity index (χ1v) is 12.3. The molecule has 0 unspecified atom stereocenters. The Labute approximate surface area is 214 Å². The maximum atomic E-state index is 10.6. The molecule has 2 aromatic carbocycles. The van der Waals surface area contributed by atoms with E-state index in [4.69, 9.17) is 16.9 Å². The lowest BCUT2D eigenvalue weighted by Gasteiger charge is -2.21. The fourth-order valence-electron chi connectivity index (χ4n) is 5.39. The molecule has 1 N–H and O–H groups in total. The molecule has 36 heavy (non-hydrogen) atoms. The number of halogens is 1. The van der Waals surface area contributed by atoms with E-state index in [0.29, 0.717) is 23.8 Å². The molecule has 0 aliphatic carbocycles. The Morgan fingerprint density at radius 1 is 1.14 bits per heavy atom. The smallest absolute Gasteiger partial charge is 0.185 e. The highest BCUT2D eigenvalue weighted by Crippen LogP contribution is 2.40. The second kappa shape index (κ2) is 8.79. The number of nitriles is 1. The molecular weight excluding hydrogens is 474 g/mol. The molecule has 4 heterocycles. The van der Waals surface area contributed by atoms with E-state index in [1.54, 1.807) is 18.5 Å². The molecule has 0 spiro atoms. The number of nitrogens with zero attached hydrogens (tertiary/aromatic N) is 7. The average molecular weight is 500 g/mol. The maximum absolute atomic E-state index is 10.6. The van der Waals surface area contributed by atoms with Crippen molar-refractivity contribution in [2.24, 2.45) is 5.92 Å². The first-order valence-electron chi connectivity index (χ1n) is 11.9. The van der Waals surface area contributed by atoms with Crippen LogP contribution in [0.15, 0.2) is 54.9 Å². The van der Waals surface area contributed by atoms with Gasteiger partial charge >= 0.3 is 0 Å². The number of anilines is 1. The number of aliphatic hydroxyl groups excluding tert-OH is 1. The highest BCUT2D eigenvalue weighted by Gasteiger charge is 2.32. The van der Waals surface area contributed by atoms with Crippen molar-refractivity contribution in [2.75, 3.05) is 38.6 Å². The highest BCUT2D eigenvalue weighted by molar-refractivity contribution is 6.32. The lowest BCUT2D eigenvalue weighted by atomic mass is 10.1. The van der Waals surface area contributed by atoms with Crippen molar-refractivity contribution in [3.8, 4) is 34.4 Å². The quantitative estimate of drug-likeness (QED) is 0.406. The molecule has 8 nitrogen and oxygen atoms in total. The monoisotopic (exact) mass is 499 g/mol. The molecule has 1 fully saturated rings. The van der Waals surface area contributed by atoms with Crippen molar-refractivity contribution in [3.05, 3.63) is 71.1 Å².